The molecule has 1 atom stereocenters. The van der Waals surface area contributed by atoms with Crippen LogP contribution < -0.4 is 4.74 Å². The number of aromatic amines is 1. The molecule has 0 saturated heterocycles. The van der Waals surface area contributed by atoms with Crippen molar-refractivity contribution in [1.82, 2.24) is 4.98 Å². The molecule has 1 aliphatic heterocycles. The van der Waals surface area contributed by atoms with Crippen molar-refractivity contribution in [1.29, 1.82) is 0 Å². The third kappa shape index (κ3) is 2.42. The molecule has 0 fully saturated rings. The zero-order chi connectivity index (χ0) is 16.8. The Kier molecular flexibility index (Phi) is 3.48. The van der Waals surface area contributed by atoms with Crippen LogP contribution in [0.1, 0.15) is 16.1 Å². The number of carboxylic acid groups (broad SMARTS) is 1. The summed E-state index contributed by atoms with van der Waals surface area (Å²) in [5.41, 5.74) is 3.60. The quantitative estimate of drug-likeness (QED) is 0.680. The largest absolute Gasteiger partial charge is 0.487 e. The first kappa shape index (κ1) is 15.1. The maximum absolute atomic E-state index is 11.1. The zero-order valence-electron chi connectivity index (χ0n) is 12.5. The van der Waals surface area contributed by atoms with Crippen LogP contribution in [0.25, 0.3) is 22.0 Å². The summed E-state index contributed by atoms with van der Waals surface area (Å²) < 4.78 is 5.84. The first-order chi connectivity index (χ1) is 11.5. The van der Waals surface area contributed by atoms with E-state index in [-0.39, 0.29) is 18.4 Å². The van der Waals surface area contributed by atoms with Crippen molar-refractivity contribution < 1.29 is 19.7 Å². The number of fused-ring (bicyclic) bond motifs is 2. The zero-order valence-corrected chi connectivity index (χ0v) is 13.3. The third-order valence-corrected chi connectivity index (χ3v) is 4.45. The van der Waals surface area contributed by atoms with E-state index in [1.165, 1.54) is 0 Å². The van der Waals surface area contributed by atoms with Gasteiger partial charge in [-0.3, -0.25) is 0 Å². The summed E-state index contributed by atoms with van der Waals surface area (Å²) in [6.45, 7) is -0.0510. The Labute approximate surface area is 142 Å². The lowest BCUT2D eigenvalue weighted by Gasteiger charge is -2.11. The second kappa shape index (κ2) is 5.54. The summed E-state index contributed by atoms with van der Waals surface area (Å²) in [6.07, 6.45) is 0.362. The molecule has 24 heavy (non-hydrogen) atoms. The second-order valence-corrected chi connectivity index (χ2v) is 6.29. The van der Waals surface area contributed by atoms with Crippen molar-refractivity contribution in [2.24, 2.45) is 0 Å². The number of hydrogen-bond acceptors (Lipinski definition) is 3. The maximum Gasteiger partial charge on any atom is 0.352 e. The molecule has 3 N–H and O–H groups in total. The van der Waals surface area contributed by atoms with Crippen LogP contribution in [0.2, 0.25) is 5.02 Å². The van der Waals surface area contributed by atoms with Crippen LogP contribution in [-0.4, -0.2) is 33.9 Å². The van der Waals surface area contributed by atoms with Crippen LogP contribution in [0.5, 0.6) is 5.75 Å². The maximum atomic E-state index is 11.1. The van der Waals surface area contributed by atoms with Crippen LogP contribution in [0.15, 0.2) is 36.4 Å². The number of aromatic nitrogens is 1. The van der Waals surface area contributed by atoms with E-state index >= 15 is 0 Å². The molecule has 0 saturated carbocycles. The molecule has 0 radical (unpaired) electrons. The first-order valence-electron chi connectivity index (χ1n) is 7.51. The fraction of sp³-hybridized carbons (Fsp3) is 0.167. The van der Waals surface area contributed by atoms with Gasteiger partial charge in [-0.25, -0.2) is 4.79 Å². The van der Waals surface area contributed by atoms with Crippen LogP contribution >= 0.6 is 11.6 Å². The van der Waals surface area contributed by atoms with Gasteiger partial charge in [-0.2, -0.15) is 0 Å². The number of benzene rings is 2. The standard InChI is InChI=1S/C18H14ClNO4/c19-12-4-11-5-13(8-21)24-17(11)14(7-12)9-1-2-15-10(3-9)6-16(20-15)18(22)23/h1-4,6-7,13,20-21H,5,8H2,(H,22,23)/t13-/m0/s1. The summed E-state index contributed by atoms with van der Waals surface area (Å²) in [5.74, 6) is -0.266. The van der Waals surface area contributed by atoms with Gasteiger partial charge in [0.25, 0.3) is 0 Å². The average molecular weight is 344 g/mol. The number of ether oxygens (including phenoxy) is 1. The SMILES string of the molecule is O=C(O)c1cc2cc(-c3cc(Cl)cc4c3O[C@H](CO)C4)ccc2[nH]1. The van der Waals surface area contributed by atoms with Gasteiger partial charge in [0.2, 0.25) is 0 Å². The van der Waals surface area contributed by atoms with Crippen LogP contribution in [0.3, 0.4) is 0 Å². The van der Waals surface area contributed by atoms with Gasteiger partial charge < -0.3 is 19.9 Å². The molecule has 0 spiro atoms. The number of aliphatic hydroxyl groups is 1. The van der Waals surface area contributed by atoms with Crippen LogP contribution in [-0.2, 0) is 6.42 Å². The Morgan fingerprint density at radius 1 is 1.29 bits per heavy atom. The molecule has 0 aliphatic carbocycles. The number of nitrogens with one attached hydrogen (secondary N) is 1. The minimum absolute atomic E-state index is 0.0510. The molecule has 1 aliphatic rings. The minimum atomic E-state index is -0.995. The Hall–Kier alpha value is -2.50. The highest BCUT2D eigenvalue weighted by Gasteiger charge is 2.26. The number of aliphatic hydroxyl groups excluding tert-OH is 1. The molecule has 0 amide bonds. The van der Waals surface area contributed by atoms with E-state index in [0.717, 1.165) is 33.3 Å². The van der Waals surface area contributed by atoms with Gasteiger partial charge in [-0.1, -0.05) is 17.7 Å². The normalized spacial score (nSPS) is 16.2. The minimum Gasteiger partial charge on any atom is -0.487 e. The number of halogens is 1. The number of carboxylic acids is 1. The Morgan fingerprint density at radius 3 is 2.88 bits per heavy atom. The van der Waals surface area contributed by atoms with Crippen molar-refractivity contribution in [2.75, 3.05) is 6.61 Å². The first-order valence-corrected chi connectivity index (χ1v) is 7.89. The highest BCUT2D eigenvalue weighted by atomic mass is 35.5. The Balaban J connectivity index is 1.85. The lowest BCUT2D eigenvalue weighted by atomic mass is 9.99. The highest BCUT2D eigenvalue weighted by Crippen LogP contribution is 2.41. The summed E-state index contributed by atoms with van der Waals surface area (Å²) in [4.78, 5) is 14.0. The molecule has 5 nitrogen and oxygen atoms in total. The molecular formula is C18H14ClNO4. The predicted molar refractivity (Wildman–Crippen MR) is 90.9 cm³/mol. The number of rotatable bonds is 3. The lowest BCUT2D eigenvalue weighted by molar-refractivity contribution is 0.0691. The van der Waals surface area contributed by atoms with E-state index < -0.39 is 5.97 Å². The summed E-state index contributed by atoms with van der Waals surface area (Å²) in [6, 6.07) is 10.9. The average Bonchev–Trinajstić information content (AvgIpc) is 3.16. The third-order valence-electron chi connectivity index (χ3n) is 4.23. The van der Waals surface area contributed by atoms with Gasteiger partial charge in [0.05, 0.1) is 6.61 Å². The van der Waals surface area contributed by atoms with E-state index in [0.29, 0.717) is 11.4 Å². The molecule has 6 heteroatoms. The molecule has 4 rings (SSSR count). The molecular weight excluding hydrogens is 330 g/mol. The molecule has 122 valence electrons. The van der Waals surface area contributed by atoms with Gasteiger partial charge in [0, 0.05) is 33.5 Å². The predicted octanol–water partition coefficient (Wildman–Crippen LogP) is 3.48. The van der Waals surface area contributed by atoms with Gasteiger partial charge in [0.15, 0.2) is 0 Å². The van der Waals surface area contributed by atoms with Crippen molar-refractivity contribution in [2.45, 2.75) is 12.5 Å². The number of carbonyl (C=O) groups is 1. The Bertz CT molecular complexity index is 963. The summed E-state index contributed by atoms with van der Waals surface area (Å²) >= 11 is 6.23. The van der Waals surface area contributed by atoms with Gasteiger partial charge >= 0.3 is 5.97 Å². The summed E-state index contributed by atoms with van der Waals surface area (Å²) in [7, 11) is 0. The van der Waals surface area contributed by atoms with Crippen molar-refractivity contribution in [3.05, 3.63) is 52.7 Å². The van der Waals surface area contributed by atoms with Gasteiger partial charge in [0.1, 0.15) is 17.5 Å². The Morgan fingerprint density at radius 2 is 2.12 bits per heavy atom. The molecule has 1 aromatic heterocycles. The summed E-state index contributed by atoms with van der Waals surface area (Å²) in [5, 5.41) is 19.9. The van der Waals surface area contributed by atoms with E-state index in [1.807, 2.05) is 30.3 Å². The number of hydrogen-bond donors (Lipinski definition) is 3. The fourth-order valence-electron chi connectivity index (χ4n) is 3.13. The monoisotopic (exact) mass is 343 g/mol. The molecule has 0 bridgehead atoms. The highest BCUT2D eigenvalue weighted by molar-refractivity contribution is 6.31. The molecule has 0 unspecified atom stereocenters. The van der Waals surface area contributed by atoms with Crippen molar-refractivity contribution >= 4 is 28.5 Å². The van der Waals surface area contributed by atoms with Gasteiger partial charge in [-0.05, 0) is 35.9 Å². The number of aromatic carboxylic acids is 1. The van der Waals surface area contributed by atoms with E-state index in [2.05, 4.69) is 4.98 Å². The topological polar surface area (TPSA) is 82.6 Å². The van der Waals surface area contributed by atoms with E-state index in [4.69, 9.17) is 21.4 Å². The van der Waals surface area contributed by atoms with Crippen molar-refractivity contribution in [3.8, 4) is 16.9 Å². The van der Waals surface area contributed by atoms with Crippen molar-refractivity contribution in [3.63, 3.8) is 0 Å². The smallest absolute Gasteiger partial charge is 0.352 e. The van der Waals surface area contributed by atoms with E-state index in [9.17, 15) is 9.90 Å². The van der Waals surface area contributed by atoms with Crippen LogP contribution in [0.4, 0.5) is 0 Å². The van der Waals surface area contributed by atoms with Crippen LogP contribution in [0, 0.1) is 0 Å². The van der Waals surface area contributed by atoms with Gasteiger partial charge in [-0.15, -0.1) is 0 Å². The lowest BCUT2D eigenvalue weighted by Crippen LogP contribution is -2.17. The molecule has 2 aromatic carbocycles. The molecule has 2 heterocycles. The number of H-pyrrole nitrogens is 1. The molecule has 3 aromatic rings. The second-order valence-electron chi connectivity index (χ2n) is 5.86. The van der Waals surface area contributed by atoms with E-state index in [1.54, 1.807) is 6.07 Å². The fourth-order valence-corrected chi connectivity index (χ4v) is 3.37.